The summed E-state index contributed by atoms with van der Waals surface area (Å²) < 4.78 is 22.5. The Kier molecular flexibility index (Phi) is 5.41. The number of halogens is 1. The monoisotopic (exact) mass is 513 g/mol. The van der Waals surface area contributed by atoms with Gasteiger partial charge in [-0.1, -0.05) is 0 Å². The Balaban J connectivity index is 1.05. The van der Waals surface area contributed by atoms with E-state index >= 15 is 0 Å². The molecule has 0 unspecified atom stereocenters. The van der Waals surface area contributed by atoms with E-state index in [9.17, 15) is 14.0 Å². The second-order valence-electron chi connectivity index (χ2n) is 10.2. The number of nitrogens with two attached hydrogens (primary N) is 1. The van der Waals surface area contributed by atoms with Crippen LogP contribution in [0.5, 0.6) is 5.88 Å². The number of rotatable bonds is 6. The van der Waals surface area contributed by atoms with Crippen molar-refractivity contribution in [2.24, 2.45) is 11.1 Å². The van der Waals surface area contributed by atoms with E-state index in [-0.39, 0.29) is 34.9 Å². The number of pyridine rings is 1. The van der Waals surface area contributed by atoms with Crippen LogP contribution in [0.1, 0.15) is 57.7 Å². The van der Waals surface area contributed by atoms with Gasteiger partial charge in [-0.3, -0.25) is 9.59 Å². The molecule has 2 aliphatic carbocycles. The summed E-state index contributed by atoms with van der Waals surface area (Å²) in [4.78, 5) is 24.9. The number of aromatic nitrogens is 4. The van der Waals surface area contributed by atoms with Crippen LogP contribution in [0.2, 0.25) is 0 Å². The topological polar surface area (TPSA) is 140 Å². The first-order valence-corrected chi connectivity index (χ1v) is 12.3. The van der Waals surface area contributed by atoms with E-state index in [1.54, 1.807) is 35.1 Å². The van der Waals surface area contributed by atoms with Gasteiger partial charge in [-0.2, -0.15) is 10.4 Å². The number of nitriles is 1. The normalized spacial score (nSPS) is 21.9. The van der Waals surface area contributed by atoms with Crippen LogP contribution in [0.4, 0.5) is 4.39 Å². The summed E-state index contributed by atoms with van der Waals surface area (Å²) >= 11 is 0. The van der Waals surface area contributed by atoms with Crippen molar-refractivity contribution in [2.75, 3.05) is 0 Å². The molecule has 0 radical (unpaired) electrons. The lowest BCUT2D eigenvalue weighted by Crippen LogP contribution is -2.58. The molecular weight excluding hydrogens is 489 g/mol. The van der Waals surface area contributed by atoms with Gasteiger partial charge in [0.25, 0.3) is 11.8 Å². The highest BCUT2D eigenvalue weighted by atomic mass is 19.1. The van der Waals surface area contributed by atoms with Crippen molar-refractivity contribution in [1.82, 2.24) is 24.7 Å². The van der Waals surface area contributed by atoms with Gasteiger partial charge >= 0.3 is 0 Å². The van der Waals surface area contributed by atoms with Crippen LogP contribution < -0.4 is 15.8 Å². The Morgan fingerprint density at radius 2 is 1.92 bits per heavy atom. The molecule has 2 saturated carbocycles. The maximum Gasteiger partial charge on any atom is 0.256 e. The number of fused-ring (bicyclic) bond motifs is 1. The van der Waals surface area contributed by atoms with Crippen molar-refractivity contribution < 1.29 is 18.7 Å². The van der Waals surface area contributed by atoms with Crippen LogP contribution >= 0.6 is 0 Å². The summed E-state index contributed by atoms with van der Waals surface area (Å²) in [7, 11) is 0. The molecule has 3 N–H and O–H groups in total. The number of carbonyl (C=O) groups excluding carboxylic acids is 2. The zero-order valence-electron chi connectivity index (χ0n) is 20.5. The highest BCUT2D eigenvalue weighted by molar-refractivity contribution is 6.02. The molecule has 4 aromatic rings. The Bertz CT molecular complexity index is 1620. The van der Waals surface area contributed by atoms with E-state index in [4.69, 9.17) is 15.7 Å². The molecule has 0 atom stereocenters. The zero-order valence-corrected chi connectivity index (χ0v) is 20.5. The fraction of sp³-hybridized carbons (Fsp3) is 0.296. The van der Waals surface area contributed by atoms with E-state index in [2.05, 4.69) is 21.6 Å². The maximum atomic E-state index is 13.6. The SMILES string of the molecule is Cc1c(C(=O)N[C@H]2CC3(C2)C[C@H](Oc2nn4cc(F)ccc4c2C(N)=O)C3)cnn1-c1ccc(C#N)cc1. The van der Waals surface area contributed by atoms with Gasteiger partial charge in [0.05, 0.1) is 46.5 Å². The second kappa shape index (κ2) is 8.69. The van der Waals surface area contributed by atoms with Crippen molar-refractivity contribution in [3.05, 3.63) is 77.0 Å². The third-order valence-corrected chi connectivity index (χ3v) is 7.60. The number of nitrogens with zero attached hydrogens (tertiary/aromatic N) is 5. The molecule has 2 aliphatic rings. The number of primary amides is 1. The van der Waals surface area contributed by atoms with Gasteiger partial charge in [-0.15, -0.1) is 5.10 Å². The number of benzene rings is 1. The van der Waals surface area contributed by atoms with Crippen LogP contribution in [-0.2, 0) is 0 Å². The van der Waals surface area contributed by atoms with E-state index < -0.39 is 11.7 Å². The lowest BCUT2D eigenvalue weighted by molar-refractivity contribution is -0.0848. The second-order valence-corrected chi connectivity index (χ2v) is 10.2. The van der Waals surface area contributed by atoms with Crippen molar-refractivity contribution in [1.29, 1.82) is 5.26 Å². The molecule has 10 nitrogen and oxygen atoms in total. The number of amides is 2. The van der Waals surface area contributed by atoms with Gasteiger partial charge in [0.1, 0.15) is 17.5 Å². The minimum absolute atomic E-state index is 0.0560. The lowest BCUT2D eigenvalue weighted by Gasteiger charge is -2.57. The minimum atomic E-state index is -0.681. The van der Waals surface area contributed by atoms with Crippen LogP contribution in [0, 0.1) is 29.5 Å². The number of hydrogen-bond acceptors (Lipinski definition) is 6. The summed E-state index contributed by atoms with van der Waals surface area (Å²) in [6.45, 7) is 1.84. The number of carbonyl (C=O) groups is 2. The van der Waals surface area contributed by atoms with Crippen LogP contribution in [-0.4, -0.2) is 43.4 Å². The molecule has 11 heteroatoms. The van der Waals surface area contributed by atoms with Gasteiger partial charge in [-0.25, -0.2) is 13.6 Å². The van der Waals surface area contributed by atoms with Crippen molar-refractivity contribution in [2.45, 2.75) is 44.8 Å². The molecule has 3 heterocycles. The van der Waals surface area contributed by atoms with Crippen molar-refractivity contribution in [3.63, 3.8) is 0 Å². The molecule has 6 rings (SSSR count). The molecule has 1 spiro atoms. The average molecular weight is 514 g/mol. The first-order chi connectivity index (χ1) is 18.2. The van der Waals surface area contributed by atoms with Crippen LogP contribution in [0.25, 0.3) is 11.2 Å². The molecule has 38 heavy (non-hydrogen) atoms. The predicted molar refractivity (Wildman–Crippen MR) is 133 cm³/mol. The number of hydrogen-bond donors (Lipinski definition) is 2. The molecule has 192 valence electrons. The summed E-state index contributed by atoms with van der Waals surface area (Å²) in [5.41, 5.74) is 8.71. The lowest BCUT2D eigenvalue weighted by atomic mass is 9.53. The fourth-order valence-corrected chi connectivity index (χ4v) is 5.72. The van der Waals surface area contributed by atoms with Gasteiger partial charge < -0.3 is 15.8 Å². The summed E-state index contributed by atoms with van der Waals surface area (Å²) in [6.07, 6.45) is 5.81. The quantitative estimate of drug-likeness (QED) is 0.406. The fourth-order valence-electron chi connectivity index (χ4n) is 5.72. The van der Waals surface area contributed by atoms with Crippen molar-refractivity contribution in [3.8, 4) is 17.6 Å². The predicted octanol–water partition coefficient (Wildman–Crippen LogP) is 3.06. The largest absolute Gasteiger partial charge is 0.473 e. The Morgan fingerprint density at radius 3 is 2.61 bits per heavy atom. The van der Waals surface area contributed by atoms with Crippen molar-refractivity contribution >= 4 is 17.3 Å². The van der Waals surface area contributed by atoms with Crippen LogP contribution in [0.3, 0.4) is 0 Å². The number of nitrogens with one attached hydrogen (secondary N) is 1. The average Bonchev–Trinajstić information content (AvgIpc) is 3.41. The maximum absolute atomic E-state index is 13.6. The molecule has 0 aliphatic heterocycles. The highest BCUT2D eigenvalue weighted by Crippen LogP contribution is 2.57. The Morgan fingerprint density at radius 1 is 1.18 bits per heavy atom. The molecule has 0 bridgehead atoms. The third-order valence-electron chi connectivity index (χ3n) is 7.60. The van der Waals surface area contributed by atoms with Gasteiger partial charge in [0.15, 0.2) is 0 Å². The molecule has 1 aromatic carbocycles. The molecule has 2 amide bonds. The molecule has 3 aromatic heterocycles. The van der Waals surface area contributed by atoms with Gasteiger partial charge in [0, 0.05) is 6.04 Å². The van der Waals surface area contributed by atoms with E-state index in [1.807, 2.05) is 6.92 Å². The Hall–Kier alpha value is -4.72. The first-order valence-electron chi connectivity index (χ1n) is 12.3. The minimum Gasteiger partial charge on any atom is -0.473 e. The Labute approximate surface area is 216 Å². The summed E-state index contributed by atoms with van der Waals surface area (Å²) in [5.74, 6) is -1.22. The number of ether oxygens (including phenoxy) is 1. The zero-order chi connectivity index (χ0) is 26.6. The molecule has 0 saturated heterocycles. The van der Waals surface area contributed by atoms with Crippen LogP contribution in [0.15, 0.2) is 48.8 Å². The summed E-state index contributed by atoms with van der Waals surface area (Å²) in [5, 5.41) is 20.7. The standard InChI is InChI=1S/C27H24FN7O3/c1-15-21(13-31-35(15)19-5-2-16(12-29)3-6-19)25(37)32-18-8-27(9-18)10-20(11-27)38-26-23(24(30)36)22-7-4-17(28)14-34(22)33-26/h2-7,13-14,18,20H,8-11H2,1H3,(H2,30,36)(H,32,37)/t18-,20-,27?. The van der Waals surface area contributed by atoms with E-state index in [0.29, 0.717) is 16.6 Å². The summed E-state index contributed by atoms with van der Waals surface area (Å²) in [6, 6.07) is 11.8. The highest BCUT2D eigenvalue weighted by Gasteiger charge is 2.54. The van der Waals surface area contributed by atoms with E-state index in [1.165, 1.54) is 22.8 Å². The molecular formula is C27H24FN7O3. The van der Waals surface area contributed by atoms with E-state index in [0.717, 1.165) is 37.1 Å². The van der Waals surface area contributed by atoms with Gasteiger partial charge in [0.2, 0.25) is 5.88 Å². The van der Waals surface area contributed by atoms with Gasteiger partial charge in [-0.05, 0) is 74.4 Å². The first kappa shape index (κ1) is 23.7. The molecule has 2 fully saturated rings. The smallest absolute Gasteiger partial charge is 0.256 e. The third kappa shape index (κ3) is 3.94.